The van der Waals surface area contributed by atoms with Gasteiger partial charge in [-0.05, 0) is 31.5 Å². The molecule has 0 aliphatic heterocycles. The minimum Gasteiger partial charge on any atom is -0.465 e. The van der Waals surface area contributed by atoms with Gasteiger partial charge in [0.05, 0.1) is 12.7 Å². The Hall–Kier alpha value is -3.42. The van der Waals surface area contributed by atoms with Crippen LogP contribution in [-0.4, -0.2) is 42.5 Å². The van der Waals surface area contributed by atoms with Gasteiger partial charge >= 0.3 is 11.9 Å². The van der Waals surface area contributed by atoms with Crippen LogP contribution in [0.1, 0.15) is 42.5 Å². The molecule has 2 aromatic rings. The number of imide groups is 1. The number of nitrogens with one attached hydrogen (secondary N) is 2. The highest BCUT2D eigenvalue weighted by molar-refractivity contribution is 6.05. The Kier molecular flexibility index (Phi) is 5.90. The fourth-order valence-corrected chi connectivity index (χ4v) is 2.39. The first-order valence-corrected chi connectivity index (χ1v) is 7.69. The zero-order valence-corrected chi connectivity index (χ0v) is 14.5. The molecule has 0 aliphatic carbocycles. The normalized spacial score (nSPS) is 10.1. The third-order valence-corrected chi connectivity index (χ3v) is 3.65. The molecule has 0 fully saturated rings. The minimum absolute atomic E-state index is 0.0464. The Balaban J connectivity index is 1.97. The molecule has 8 nitrogen and oxygen atoms in total. The zero-order chi connectivity index (χ0) is 19.3. The number of ether oxygens (including phenoxy) is 2. The molecule has 1 aromatic heterocycles. The molecule has 2 rings (SSSR count). The van der Waals surface area contributed by atoms with E-state index in [1.807, 2.05) is 0 Å². The van der Waals surface area contributed by atoms with Gasteiger partial charge in [-0.15, -0.1) is 0 Å². The molecule has 0 saturated carbocycles. The summed E-state index contributed by atoms with van der Waals surface area (Å²) >= 11 is 0. The summed E-state index contributed by atoms with van der Waals surface area (Å²) in [5.41, 5.74) is 1.41. The van der Waals surface area contributed by atoms with E-state index in [-0.39, 0.29) is 11.3 Å². The van der Waals surface area contributed by atoms with Crippen LogP contribution in [0.15, 0.2) is 30.3 Å². The van der Waals surface area contributed by atoms with Crippen LogP contribution in [0.25, 0.3) is 0 Å². The van der Waals surface area contributed by atoms with Gasteiger partial charge in [-0.3, -0.25) is 14.9 Å². The van der Waals surface area contributed by atoms with E-state index in [1.54, 1.807) is 44.2 Å². The van der Waals surface area contributed by atoms with Crippen molar-refractivity contribution in [2.24, 2.45) is 0 Å². The number of H-pyrrole nitrogens is 1. The summed E-state index contributed by atoms with van der Waals surface area (Å²) in [6.45, 7) is 2.54. The molecule has 0 radical (unpaired) electrons. The van der Waals surface area contributed by atoms with Crippen molar-refractivity contribution in [2.45, 2.75) is 13.8 Å². The molecule has 0 atom stereocenters. The number of carbonyl (C=O) groups excluding carboxylic acids is 4. The number of hydrogen-bond acceptors (Lipinski definition) is 6. The topological polar surface area (TPSA) is 115 Å². The number of benzene rings is 1. The van der Waals surface area contributed by atoms with Gasteiger partial charge in [0.2, 0.25) is 0 Å². The summed E-state index contributed by atoms with van der Waals surface area (Å²) in [6.07, 6.45) is 0. The van der Waals surface area contributed by atoms with Crippen molar-refractivity contribution >= 4 is 23.8 Å². The third kappa shape index (κ3) is 4.15. The highest BCUT2D eigenvalue weighted by atomic mass is 16.5. The van der Waals surface area contributed by atoms with Crippen LogP contribution < -0.4 is 5.32 Å². The zero-order valence-electron chi connectivity index (χ0n) is 14.5. The van der Waals surface area contributed by atoms with Gasteiger partial charge in [0.25, 0.3) is 11.8 Å². The van der Waals surface area contributed by atoms with E-state index in [4.69, 9.17) is 4.74 Å². The quantitative estimate of drug-likeness (QED) is 0.784. The number of aromatic nitrogens is 1. The lowest BCUT2D eigenvalue weighted by Gasteiger charge is -2.06. The van der Waals surface area contributed by atoms with Crippen molar-refractivity contribution in [3.63, 3.8) is 0 Å². The lowest BCUT2D eigenvalue weighted by Crippen LogP contribution is -2.34. The van der Waals surface area contributed by atoms with E-state index in [9.17, 15) is 19.2 Å². The highest BCUT2D eigenvalue weighted by Gasteiger charge is 2.24. The first kappa shape index (κ1) is 18.9. The van der Waals surface area contributed by atoms with E-state index in [0.717, 1.165) is 0 Å². The Bertz CT molecular complexity index is 854. The molecule has 2 N–H and O–H groups in total. The van der Waals surface area contributed by atoms with Crippen molar-refractivity contribution in [2.75, 3.05) is 13.7 Å². The van der Waals surface area contributed by atoms with Crippen LogP contribution in [0, 0.1) is 13.8 Å². The summed E-state index contributed by atoms with van der Waals surface area (Å²) in [5.74, 6) is -2.75. The van der Waals surface area contributed by atoms with Crippen LogP contribution in [0.4, 0.5) is 0 Å². The van der Waals surface area contributed by atoms with Gasteiger partial charge in [-0.25, -0.2) is 9.59 Å². The van der Waals surface area contributed by atoms with Gasteiger partial charge in [0.1, 0.15) is 5.69 Å². The molecule has 1 heterocycles. The molecule has 0 saturated heterocycles. The Morgan fingerprint density at radius 1 is 1.04 bits per heavy atom. The third-order valence-electron chi connectivity index (χ3n) is 3.65. The van der Waals surface area contributed by atoms with Crippen molar-refractivity contribution in [3.8, 4) is 0 Å². The standard InChI is InChI=1S/C18H18N2O6/c1-10-14(17(23)25-3)11(2)19-15(10)18(24)26-9-13(21)20-16(22)12-7-5-4-6-8-12/h4-8,19H,9H2,1-3H3,(H,20,21,22). The molecule has 2 amide bonds. The lowest BCUT2D eigenvalue weighted by molar-refractivity contribution is -0.123. The number of amides is 2. The Labute approximate surface area is 149 Å². The lowest BCUT2D eigenvalue weighted by atomic mass is 10.1. The largest absolute Gasteiger partial charge is 0.465 e. The molecule has 1 aromatic carbocycles. The first-order valence-electron chi connectivity index (χ1n) is 7.69. The molecule has 0 unspecified atom stereocenters. The number of esters is 2. The summed E-state index contributed by atoms with van der Waals surface area (Å²) in [7, 11) is 1.24. The number of methoxy groups -OCH3 is 1. The molecule has 26 heavy (non-hydrogen) atoms. The molecule has 0 spiro atoms. The monoisotopic (exact) mass is 358 g/mol. The summed E-state index contributed by atoms with van der Waals surface area (Å²) in [6, 6.07) is 8.16. The molecule has 136 valence electrons. The predicted octanol–water partition coefficient (Wildman–Crippen LogP) is 1.53. The first-order chi connectivity index (χ1) is 12.3. The van der Waals surface area contributed by atoms with E-state index < -0.39 is 30.4 Å². The fourth-order valence-electron chi connectivity index (χ4n) is 2.39. The van der Waals surface area contributed by atoms with Crippen molar-refractivity contribution in [3.05, 3.63) is 58.4 Å². The van der Waals surface area contributed by atoms with Crippen molar-refractivity contribution < 1.29 is 28.7 Å². The van der Waals surface area contributed by atoms with Crippen molar-refractivity contribution in [1.82, 2.24) is 10.3 Å². The van der Waals surface area contributed by atoms with Crippen LogP contribution in [-0.2, 0) is 14.3 Å². The van der Waals surface area contributed by atoms with Gasteiger partial charge < -0.3 is 14.5 Å². The summed E-state index contributed by atoms with van der Waals surface area (Å²) < 4.78 is 9.56. The van der Waals surface area contributed by atoms with Crippen LogP contribution in [0.2, 0.25) is 0 Å². The number of carbonyl (C=O) groups is 4. The smallest absolute Gasteiger partial charge is 0.355 e. The molecule has 0 aliphatic rings. The van der Waals surface area contributed by atoms with Gasteiger partial charge in [-0.2, -0.15) is 0 Å². The molecule has 8 heteroatoms. The second kappa shape index (κ2) is 8.11. The Morgan fingerprint density at radius 2 is 1.69 bits per heavy atom. The van der Waals surface area contributed by atoms with E-state index in [0.29, 0.717) is 16.8 Å². The molecular formula is C18H18N2O6. The molecule has 0 bridgehead atoms. The Morgan fingerprint density at radius 3 is 2.31 bits per heavy atom. The maximum atomic E-state index is 12.1. The van der Waals surface area contributed by atoms with E-state index >= 15 is 0 Å². The fraction of sp³-hybridized carbons (Fsp3) is 0.222. The second-order valence-corrected chi connectivity index (χ2v) is 5.44. The maximum absolute atomic E-state index is 12.1. The van der Waals surface area contributed by atoms with Gasteiger partial charge in [0, 0.05) is 11.3 Å². The average molecular weight is 358 g/mol. The maximum Gasteiger partial charge on any atom is 0.355 e. The summed E-state index contributed by atoms with van der Waals surface area (Å²) in [4.78, 5) is 50.2. The SMILES string of the molecule is COC(=O)c1c(C)[nH]c(C(=O)OCC(=O)NC(=O)c2ccccc2)c1C. The van der Waals surface area contributed by atoms with E-state index in [2.05, 4.69) is 15.0 Å². The van der Waals surface area contributed by atoms with E-state index in [1.165, 1.54) is 7.11 Å². The number of hydrogen-bond donors (Lipinski definition) is 2. The van der Waals surface area contributed by atoms with Crippen LogP contribution >= 0.6 is 0 Å². The molecular weight excluding hydrogens is 340 g/mol. The summed E-state index contributed by atoms with van der Waals surface area (Å²) in [5, 5.41) is 2.12. The predicted molar refractivity (Wildman–Crippen MR) is 90.8 cm³/mol. The number of rotatable bonds is 5. The number of aryl methyl sites for hydroxylation is 1. The van der Waals surface area contributed by atoms with Crippen LogP contribution in [0.3, 0.4) is 0 Å². The van der Waals surface area contributed by atoms with Crippen molar-refractivity contribution in [1.29, 1.82) is 0 Å². The highest BCUT2D eigenvalue weighted by Crippen LogP contribution is 2.19. The van der Waals surface area contributed by atoms with Gasteiger partial charge in [0.15, 0.2) is 6.61 Å². The van der Waals surface area contributed by atoms with Gasteiger partial charge in [-0.1, -0.05) is 18.2 Å². The second-order valence-electron chi connectivity index (χ2n) is 5.44. The average Bonchev–Trinajstić information content (AvgIpc) is 2.94. The number of aromatic amines is 1. The minimum atomic E-state index is -0.817. The van der Waals surface area contributed by atoms with Crippen LogP contribution in [0.5, 0.6) is 0 Å².